The number of benzene rings is 3. The van der Waals surface area contributed by atoms with Gasteiger partial charge >= 0.3 is 6.03 Å². The topological polar surface area (TPSA) is 110 Å². The second-order valence-electron chi connectivity index (χ2n) is 6.51. The zero-order valence-corrected chi connectivity index (χ0v) is 20.0. The molecular formula is C20H14Cl4N2O5S. The molecule has 0 fully saturated rings. The number of carbonyl (C=O) groups excluding carboxylic acids is 1. The summed E-state index contributed by atoms with van der Waals surface area (Å²) < 4.78 is 38.7. The molecule has 0 atom stereocenters. The smallest absolute Gasteiger partial charge is 0.323 e. The predicted octanol–water partition coefficient (Wildman–Crippen LogP) is 6.86. The zero-order chi connectivity index (χ0) is 23.8. The molecule has 3 N–H and O–H groups in total. The molecule has 0 aliphatic carbocycles. The molecule has 7 nitrogen and oxygen atoms in total. The molecule has 0 aliphatic heterocycles. The molecule has 32 heavy (non-hydrogen) atoms. The molecule has 3 rings (SSSR count). The number of anilines is 2. The predicted molar refractivity (Wildman–Crippen MR) is 126 cm³/mol. The lowest BCUT2D eigenvalue weighted by Crippen LogP contribution is -2.32. The molecule has 0 radical (unpaired) electrons. The van der Waals surface area contributed by atoms with Gasteiger partial charge in [0.05, 0.1) is 21.4 Å². The number of hydrogen-bond acceptors (Lipinski definition) is 4. The quantitative estimate of drug-likeness (QED) is 0.346. The van der Waals surface area contributed by atoms with Crippen LogP contribution < -0.4 is 15.4 Å². The minimum absolute atomic E-state index is 0.0233. The molecule has 0 unspecified atom stereocenters. The third-order valence-electron chi connectivity index (χ3n) is 4.25. The van der Waals surface area contributed by atoms with Crippen molar-refractivity contribution in [1.82, 2.24) is 0 Å². The van der Waals surface area contributed by atoms with Crippen molar-refractivity contribution in [3.8, 4) is 11.5 Å². The first-order valence-corrected chi connectivity index (χ1v) is 11.6. The summed E-state index contributed by atoms with van der Waals surface area (Å²) >= 11 is 24.3. The third-order valence-corrected chi connectivity index (χ3v) is 6.16. The Kier molecular flexibility index (Phi) is 7.14. The summed E-state index contributed by atoms with van der Waals surface area (Å²) in [7, 11) is -4.72. The van der Waals surface area contributed by atoms with Crippen molar-refractivity contribution in [2.45, 2.75) is 11.8 Å². The van der Waals surface area contributed by atoms with E-state index in [1.165, 1.54) is 24.3 Å². The minimum Gasteiger partial charge on any atom is -0.454 e. The summed E-state index contributed by atoms with van der Waals surface area (Å²) in [5.74, 6) is -0.309. The van der Waals surface area contributed by atoms with Gasteiger partial charge in [-0.05, 0) is 55.0 Å². The summed E-state index contributed by atoms with van der Waals surface area (Å²) in [6.07, 6.45) is 0. The van der Waals surface area contributed by atoms with Crippen molar-refractivity contribution < 1.29 is 22.5 Å². The molecule has 0 saturated heterocycles. The van der Waals surface area contributed by atoms with Crippen molar-refractivity contribution in [2.24, 2.45) is 5.73 Å². The lowest BCUT2D eigenvalue weighted by atomic mass is 10.1. The first-order valence-electron chi connectivity index (χ1n) is 8.68. The standard InChI is InChI=1S/C20H14Cl4N2O5S/c1-10-6-11(21)2-5-16(10)26(20(25)27)17-9-13(3-4-14(17)23)31-19-15(24)7-12(22)8-18(19)32(28,29)30/h2-9H,1H3,(H2,25,27)(H,28,29,30). The van der Waals surface area contributed by atoms with Crippen LogP contribution in [0.4, 0.5) is 16.2 Å². The molecule has 0 bridgehead atoms. The number of nitrogens with two attached hydrogens (primary N) is 1. The van der Waals surface area contributed by atoms with Crippen LogP contribution >= 0.6 is 46.4 Å². The molecule has 0 saturated carbocycles. The van der Waals surface area contributed by atoms with E-state index in [9.17, 15) is 17.8 Å². The van der Waals surface area contributed by atoms with E-state index in [0.717, 1.165) is 11.0 Å². The highest BCUT2D eigenvalue weighted by Gasteiger charge is 2.24. The van der Waals surface area contributed by atoms with E-state index in [4.69, 9.17) is 56.9 Å². The summed E-state index contributed by atoms with van der Waals surface area (Å²) in [6, 6.07) is 10.4. The van der Waals surface area contributed by atoms with Crippen molar-refractivity contribution in [2.75, 3.05) is 4.90 Å². The average Bonchev–Trinajstić information content (AvgIpc) is 2.66. The fraction of sp³-hybridized carbons (Fsp3) is 0.0500. The second-order valence-corrected chi connectivity index (χ2v) is 9.59. The minimum atomic E-state index is -4.72. The SMILES string of the molecule is Cc1cc(Cl)ccc1N(C(N)=O)c1cc(Oc2c(Cl)cc(Cl)cc2S(=O)(=O)O)ccc1Cl. The van der Waals surface area contributed by atoms with Crippen LogP contribution in [0.5, 0.6) is 11.5 Å². The number of hydrogen-bond donors (Lipinski definition) is 2. The van der Waals surface area contributed by atoms with Gasteiger partial charge in [0.15, 0.2) is 5.75 Å². The molecule has 0 spiro atoms. The maximum Gasteiger partial charge on any atom is 0.323 e. The van der Waals surface area contributed by atoms with E-state index in [1.807, 2.05) is 0 Å². The highest BCUT2D eigenvalue weighted by molar-refractivity contribution is 7.86. The Morgan fingerprint density at radius 2 is 1.62 bits per heavy atom. The molecule has 2 amide bonds. The Labute approximate surface area is 203 Å². The number of amides is 2. The van der Waals surface area contributed by atoms with E-state index >= 15 is 0 Å². The lowest BCUT2D eigenvalue weighted by Gasteiger charge is -2.24. The number of primary amides is 1. The molecule has 0 aliphatic rings. The van der Waals surface area contributed by atoms with E-state index in [2.05, 4.69) is 0 Å². The normalized spacial score (nSPS) is 11.3. The highest BCUT2D eigenvalue weighted by Crippen LogP contribution is 2.41. The Balaban J connectivity index is 2.13. The summed E-state index contributed by atoms with van der Waals surface area (Å²) in [4.78, 5) is 12.8. The van der Waals surface area contributed by atoms with Crippen LogP contribution in [-0.4, -0.2) is 19.0 Å². The van der Waals surface area contributed by atoms with Crippen molar-refractivity contribution in [3.05, 3.63) is 74.2 Å². The molecule has 3 aromatic rings. The van der Waals surface area contributed by atoms with Gasteiger partial charge < -0.3 is 10.5 Å². The van der Waals surface area contributed by atoms with Crippen molar-refractivity contribution >= 4 is 73.9 Å². The van der Waals surface area contributed by atoms with E-state index in [-0.39, 0.29) is 32.3 Å². The summed E-state index contributed by atoms with van der Waals surface area (Å²) in [5, 5.41) is 0.434. The van der Waals surface area contributed by atoms with Gasteiger partial charge in [-0.15, -0.1) is 0 Å². The van der Waals surface area contributed by atoms with Gasteiger partial charge in [-0.25, -0.2) is 4.79 Å². The van der Waals surface area contributed by atoms with E-state index < -0.39 is 21.0 Å². The van der Waals surface area contributed by atoms with Crippen LogP contribution in [-0.2, 0) is 10.1 Å². The van der Waals surface area contributed by atoms with Crippen LogP contribution in [0, 0.1) is 6.92 Å². The Morgan fingerprint density at radius 1 is 0.938 bits per heavy atom. The lowest BCUT2D eigenvalue weighted by molar-refractivity contribution is 0.256. The highest BCUT2D eigenvalue weighted by atomic mass is 35.5. The Bertz CT molecular complexity index is 1330. The molecular weight excluding hydrogens is 522 g/mol. The zero-order valence-electron chi connectivity index (χ0n) is 16.1. The number of halogens is 4. The van der Waals surface area contributed by atoms with Gasteiger partial charge in [-0.3, -0.25) is 9.45 Å². The molecule has 12 heteroatoms. The van der Waals surface area contributed by atoms with Crippen LogP contribution in [0.25, 0.3) is 0 Å². The number of rotatable bonds is 5. The molecule has 0 heterocycles. The van der Waals surface area contributed by atoms with Gasteiger partial charge in [-0.2, -0.15) is 8.42 Å². The third kappa shape index (κ3) is 5.23. The van der Waals surface area contributed by atoms with Crippen LogP contribution in [0.2, 0.25) is 20.1 Å². The van der Waals surface area contributed by atoms with E-state index in [1.54, 1.807) is 25.1 Å². The first kappa shape index (κ1) is 24.4. The van der Waals surface area contributed by atoms with E-state index in [0.29, 0.717) is 16.3 Å². The van der Waals surface area contributed by atoms with Crippen molar-refractivity contribution in [3.63, 3.8) is 0 Å². The van der Waals surface area contributed by atoms with Crippen molar-refractivity contribution in [1.29, 1.82) is 0 Å². The number of urea groups is 1. The maximum absolute atomic E-state index is 12.3. The average molecular weight is 536 g/mol. The van der Waals surface area contributed by atoms with Gasteiger partial charge in [0, 0.05) is 16.1 Å². The van der Waals surface area contributed by atoms with Gasteiger partial charge in [0.2, 0.25) is 0 Å². The van der Waals surface area contributed by atoms with Crippen LogP contribution in [0.15, 0.2) is 53.4 Å². The number of nitrogens with zero attached hydrogens (tertiary/aromatic N) is 1. The molecule has 168 valence electrons. The monoisotopic (exact) mass is 534 g/mol. The molecule has 0 aromatic heterocycles. The Hall–Kier alpha value is -2.20. The summed E-state index contributed by atoms with van der Waals surface area (Å²) in [6.45, 7) is 1.73. The first-order chi connectivity index (χ1) is 14.9. The largest absolute Gasteiger partial charge is 0.454 e. The van der Waals surface area contributed by atoms with Crippen LogP contribution in [0.3, 0.4) is 0 Å². The second kappa shape index (κ2) is 9.35. The maximum atomic E-state index is 12.3. The summed E-state index contributed by atoms with van der Waals surface area (Å²) in [5.41, 5.74) is 6.83. The number of carbonyl (C=O) groups is 1. The van der Waals surface area contributed by atoms with Crippen LogP contribution in [0.1, 0.15) is 5.56 Å². The Morgan fingerprint density at radius 3 is 2.22 bits per heavy atom. The number of ether oxygens (including phenoxy) is 1. The fourth-order valence-corrected chi connectivity index (χ4v) is 4.65. The van der Waals surface area contributed by atoms with Gasteiger partial charge in [-0.1, -0.05) is 46.4 Å². The fourth-order valence-electron chi connectivity index (χ4n) is 2.91. The van der Waals surface area contributed by atoms with Gasteiger partial charge in [0.25, 0.3) is 10.1 Å². The molecule has 3 aromatic carbocycles. The van der Waals surface area contributed by atoms with Gasteiger partial charge in [0.1, 0.15) is 10.6 Å². The number of aryl methyl sites for hydroxylation is 1.